The summed E-state index contributed by atoms with van der Waals surface area (Å²) in [6.07, 6.45) is 2.69. The Hall–Kier alpha value is -1.66. The van der Waals surface area contributed by atoms with E-state index < -0.39 is 11.8 Å². The summed E-state index contributed by atoms with van der Waals surface area (Å²) in [7, 11) is 3.37. The van der Waals surface area contributed by atoms with Crippen LogP contribution in [0.4, 0.5) is 0 Å². The summed E-state index contributed by atoms with van der Waals surface area (Å²) in [5, 5.41) is -0.0880. The summed E-state index contributed by atoms with van der Waals surface area (Å²) in [5.41, 5.74) is -0.131. The zero-order valence-corrected chi connectivity index (χ0v) is 12.7. The van der Waals surface area contributed by atoms with Crippen LogP contribution in [-0.4, -0.2) is 40.7 Å². The van der Waals surface area contributed by atoms with Crippen LogP contribution in [0.5, 0.6) is 0 Å². The Bertz CT molecular complexity index is 559. The van der Waals surface area contributed by atoms with E-state index in [2.05, 4.69) is 9.97 Å². The molecule has 0 aliphatic heterocycles. The fourth-order valence-corrected chi connectivity index (χ4v) is 1.58. The Morgan fingerprint density at radius 1 is 1.40 bits per heavy atom. The molecule has 108 valence electrons. The molecule has 1 rings (SSSR count). The second-order valence-corrected chi connectivity index (χ2v) is 4.69. The van der Waals surface area contributed by atoms with Crippen LogP contribution in [0.1, 0.15) is 23.8 Å². The van der Waals surface area contributed by atoms with Gasteiger partial charge in [-0.15, -0.1) is 0 Å². The maximum atomic E-state index is 12.3. The first kappa shape index (κ1) is 16.4. The largest absolute Gasteiger partial charge is 0.421 e. The Labute approximate surface area is 126 Å². The van der Waals surface area contributed by atoms with Gasteiger partial charge in [-0.1, -0.05) is 30.1 Å². The van der Waals surface area contributed by atoms with Crippen LogP contribution < -0.4 is 0 Å². The van der Waals surface area contributed by atoms with Gasteiger partial charge in [-0.2, -0.15) is 0 Å². The molecule has 0 aromatic carbocycles. The molecule has 0 unspecified atom stereocenters. The molecule has 0 N–H and O–H groups in total. The average Bonchev–Trinajstić information content (AvgIpc) is 2.36. The lowest BCUT2D eigenvalue weighted by atomic mass is 10.2. The molecular weight excluding hydrogens is 305 g/mol. The van der Waals surface area contributed by atoms with Gasteiger partial charge in [0.15, 0.2) is 16.6 Å². The van der Waals surface area contributed by atoms with Crippen LogP contribution in [0.15, 0.2) is 18.2 Å². The minimum atomic E-state index is -0.644. The highest BCUT2D eigenvalue weighted by Gasteiger charge is 2.22. The second-order valence-electron chi connectivity index (χ2n) is 3.95. The number of hydrogen-bond acceptors (Lipinski definition) is 6. The molecule has 0 aliphatic carbocycles. The Morgan fingerprint density at radius 3 is 2.55 bits per heavy atom. The van der Waals surface area contributed by atoms with E-state index in [1.807, 2.05) is 0 Å². The molecule has 0 fully saturated rings. The van der Waals surface area contributed by atoms with Crippen LogP contribution in [0.2, 0.25) is 10.3 Å². The fourth-order valence-electron chi connectivity index (χ4n) is 1.18. The number of aromatic nitrogens is 2. The first-order chi connectivity index (χ1) is 9.35. The molecule has 0 spiro atoms. The maximum Gasteiger partial charge on any atom is 0.311 e. The van der Waals surface area contributed by atoms with Gasteiger partial charge in [0.2, 0.25) is 0 Å². The highest BCUT2D eigenvalue weighted by Crippen LogP contribution is 2.18. The summed E-state index contributed by atoms with van der Waals surface area (Å²) in [6.45, 7) is 1.62. The monoisotopic (exact) mass is 317 g/mol. The lowest BCUT2D eigenvalue weighted by molar-refractivity contribution is -0.138. The molecule has 0 bridgehead atoms. The molecule has 8 heteroatoms. The number of rotatable bonds is 5. The highest BCUT2D eigenvalue weighted by atomic mass is 35.5. The quantitative estimate of drug-likeness (QED) is 0.359. The highest BCUT2D eigenvalue weighted by molar-refractivity contribution is 6.35. The lowest BCUT2D eigenvalue weighted by Gasteiger charge is -2.11. The summed E-state index contributed by atoms with van der Waals surface area (Å²) < 4.78 is 4.98. The number of allylic oxidation sites excluding steroid dienone is 1. The van der Waals surface area contributed by atoms with Crippen molar-refractivity contribution in [3.05, 3.63) is 34.2 Å². The minimum absolute atomic E-state index is 0.0650. The Kier molecular flexibility index (Phi) is 5.91. The van der Waals surface area contributed by atoms with E-state index in [4.69, 9.17) is 27.9 Å². The average molecular weight is 318 g/mol. The Morgan fingerprint density at radius 2 is 2.05 bits per heavy atom. The first-order valence-electron chi connectivity index (χ1n) is 5.66. The molecule has 0 atom stereocenters. The molecule has 1 aromatic rings. The minimum Gasteiger partial charge on any atom is -0.421 e. The molecule has 0 saturated carbocycles. The van der Waals surface area contributed by atoms with E-state index in [1.54, 1.807) is 25.9 Å². The van der Waals surface area contributed by atoms with Gasteiger partial charge in [0, 0.05) is 26.7 Å². The third kappa shape index (κ3) is 4.47. The molecule has 6 nitrogen and oxygen atoms in total. The number of carbonyl (C=O) groups excluding carboxylic acids is 2. The topological polar surface area (TPSA) is 72.4 Å². The van der Waals surface area contributed by atoms with Crippen LogP contribution in [-0.2, 0) is 9.53 Å². The Balaban J connectivity index is 3.13. The predicted octanol–water partition coefficient (Wildman–Crippen LogP) is 2.32. The van der Waals surface area contributed by atoms with E-state index in [0.717, 1.165) is 0 Å². The second kappa shape index (κ2) is 7.21. The maximum absolute atomic E-state index is 12.3. The van der Waals surface area contributed by atoms with Gasteiger partial charge in [-0.3, -0.25) is 9.59 Å². The van der Waals surface area contributed by atoms with Gasteiger partial charge >= 0.3 is 5.97 Å². The smallest absolute Gasteiger partial charge is 0.311 e. The van der Waals surface area contributed by atoms with Crippen molar-refractivity contribution in [2.45, 2.75) is 13.3 Å². The van der Waals surface area contributed by atoms with Gasteiger partial charge in [-0.05, 0) is 0 Å². The summed E-state index contributed by atoms with van der Waals surface area (Å²) >= 11 is 11.4. The number of ether oxygens (including phenoxy) is 1. The predicted molar refractivity (Wildman–Crippen MR) is 74.5 cm³/mol. The van der Waals surface area contributed by atoms with Crippen molar-refractivity contribution in [2.24, 2.45) is 0 Å². The number of hydrogen-bond donors (Lipinski definition) is 0. The van der Waals surface area contributed by atoms with E-state index >= 15 is 0 Å². The first-order valence-corrected chi connectivity index (χ1v) is 6.42. The van der Waals surface area contributed by atoms with Gasteiger partial charge in [0.25, 0.3) is 5.78 Å². The van der Waals surface area contributed by atoms with Gasteiger partial charge in [0.1, 0.15) is 5.15 Å². The van der Waals surface area contributed by atoms with Crippen LogP contribution >= 0.6 is 23.2 Å². The van der Waals surface area contributed by atoms with Gasteiger partial charge in [0.05, 0.1) is 6.20 Å². The number of halogens is 2. The number of nitrogens with zero attached hydrogens (tertiary/aromatic N) is 3. The number of Topliss-reactive ketones (excluding diaryl/α,β-unsaturated/α-hetero) is 1. The molecule has 0 saturated heterocycles. The van der Waals surface area contributed by atoms with Crippen molar-refractivity contribution in [3.8, 4) is 0 Å². The van der Waals surface area contributed by atoms with Crippen LogP contribution in [0.3, 0.4) is 0 Å². The van der Waals surface area contributed by atoms with Gasteiger partial charge < -0.3 is 9.64 Å². The zero-order chi connectivity index (χ0) is 15.3. The van der Waals surface area contributed by atoms with Crippen molar-refractivity contribution >= 4 is 35.0 Å². The lowest BCUT2D eigenvalue weighted by Crippen LogP contribution is -2.17. The molecule has 0 radical (unpaired) electrons. The number of esters is 1. The van der Waals surface area contributed by atoms with Crippen molar-refractivity contribution in [3.63, 3.8) is 0 Å². The van der Waals surface area contributed by atoms with E-state index in [9.17, 15) is 9.59 Å². The zero-order valence-electron chi connectivity index (χ0n) is 11.2. The van der Waals surface area contributed by atoms with Crippen molar-refractivity contribution in [1.82, 2.24) is 14.9 Å². The van der Waals surface area contributed by atoms with E-state index in [-0.39, 0.29) is 28.2 Å². The molecule has 1 heterocycles. The SMILES string of the molecule is CCC(=O)OC(=CN(C)C)C(=O)c1ncc(Cl)nc1Cl. The summed E-state index contributed by atoms with van der Waals surface area (Å²) in [5.74, 6) is -1.36. The summed E-state index contributed by atoms with van der Waals surface area (Å²) in [4.78, 5) is 32.7. The molecule has 20 heavy (non-hydrogen) atoms. The van der Waals surface area contributed by atoms with Crippen LogP contribution in [0.25, 0.3) is 0 Å². The van der Waals surface area contributed by atoms with E-state index in [1.165, 1.54) is 12.4 Å². The molecule has 0 aliphatic rings. The van der Waals surface area contributed by atoms with Crippen molar-refractivity contribution in [2.75, 3.05) is 14.1 Å². The fraction of sp³-hybridized carbons (Fsp3) is 0.333. The number of ketones is 1. The molecule has 1 aromatic heterocycles. The number of carbonyl (C=O) groups is 2. The van der Waals surface area contributed by atoms with Gasteiger partial charge in [-0.25, -0.2) is 9.97 Å². The third-order valence-corrected chi connectivity index (χ3v) is 2.47. The normalized spacial score (nSPS) is 11.2. The van der Waals surface area contributed by atoms with Crippen molar-refractivity contribution < 1.29 is 14.3 Å². The van der Waals surface area contributed by atoms with Crippen molar-refractivity contribution in [1.29, 1.82) is 0 Å². The third-order valence-electron chi connectivity index (χ3n) is 2.03. The molecule has 0 amide bonds. The van der Waals surface area contributed by atoms with Crippen LogP contribution in [0, 0.1) is 0 Å². The molecular formula is C12H13Cl2N3O3. The van der Waals surface area contributed by atoms with E-state index in [0.29, 0.717) is 0 Å². The standard InChI is InChI=1S/C12H13Cl2N3O3/c1-4-9(18)20-7(6-17(2)3)11(19)10-12(14)16-8(13)5-15-10/h5-6H,4H2,1-3H3. The summed E-state index contributed by atoms with van der Waals surface area (Å²) in [6, 6.07) is 0.